The van der Waals surface area contributed by atoms with E-state index >= 15 is 0 Å². The Balaban J connectivity index is 2.27. The third-order valence-corrected chi connectivity index (χ3v) is 2.57. The fourth-order valence-corrected chi connectivity index (χ4v) is 1.66. The predicted molar refractivity (Wildman–Crippen MR) is 67.3 cm³/mol. The van der Waals surface area contributed by atoms with Gasteiger partial charge in [-0.3, -0.25) is 0 Å². The SMILES string of the molecule is NCc1nccc(Nc2cc(Br)ccc2F)n1. The van der Waals surface area contributed by atoms with Crippen molar-refractivity contribution >= 4 is 27.4 Å². The molecule has 2 aromatic rings. The molecule has 0 saturated carbocycles. The first-order valence-electron chi connectivity index (χ1n) is 4.93. The molecule has 1 heterocycles. The lowest BCUT2D eigenvalue weighted by Crippen LogP contribution is -2.05. The average Bonchev–Trinajstić information content (AvgIpc) is 2.34. The maximum atomic E-state index is 13.5. The molecule has 0 radical (unpaired) electrons. The summed E-state index contributed by atoms with van der Waals surface area (Å²) in [4.78, 5) is 8.09. The van der Waals surface area contributed by atoms with Crippen molar-refractivity contribution in [3.05, 3.63) is 46.6 Å². The molecule has 0 atom stereocenters. The van der Waals surface area contributed by atoms with Crippen LogP contribution in [0.3, 0.4) is 0 Å². The molecule has 1 aromatic carbocycles. The van der Waals surface area contributed by atoms with E-state index in [0.29, 0.717) is 17.3 Å². The van der Waals surface area contributed by atoms with Gasteiger partial charge >= 0.3 is 0 Å². The minimum atomic E-state index is -0.346. The number of halogens is 2. The van der Waals surface area contributed by atoms with Gasteiger partial charge in [0, 0.05) is 10.7 Å². The summed E-state index contributed by atoms with van der Waals surface area (Å²) >= 11 is 3.28. The normalized spacial score (nSPS) is 10.3. The zero-order valence-corrected chi connectivity index (χ0v) is 10.4. The maximum absolute atomic E-state index is 13.5. The standard InChI is InChI=1S/C11H10BrFN4/c12-7-1-2-8(13)9(5-7)16-10-3-4-15-11(6-14)17-10/h1-5H,6,14H2,(H,15,16,17). The highest BCUT2D eigenvalue weighted by Crippen LogP contribution is 2.22. The molecule has 0 fully saturated rings. The van der Waals surface area contributed by atoms with Crippen LogP contribution in [-0.2, 0) is 6.54 Å². The molecule has 0 aliphatic heterocycles. The minimum Gasteiger partial charge on any atom is -0.338 e. The van der Waals surface area contributed by atoms with Crippen LogP contribution in [0.25, 0.3) is 0 Å². The summed E-state index contributed by atoms with van der Waals surface area (Å²) in [5.74, 6) is 0.670. The van der Waals surface area contributed by atoms with Crippen molar-refractivity contribution in [1.29, 1.82) is 0 Å². The van der Waals surface area contributed by atoms with E-state index in [1.54, 1.807) is 24.4 Å². The third-order valence-electron chi connectivity index (χ3n) is 2.08. The number of anilines is 2. The molecule has 88 valence electrons. The van der Waals surface area contributed by atoms with Gasteiger partial charge in [0.1, 0.15) is 17.5 Å². The van der Waals surface area contributed by atoms with E-state index < -0.39 is 0 Å². The van der Waals surface area contributed by atoms with E-state index in [-0.39, 0.29) is 12.4 Å². The molecule has 2 rings (SSSR count). The van der Waals surface area contributed by atoms with E-state index in [0.717, 1.165) is 4.47 Å². The van der Waals surface area contributed by atoms with Crippen molar-refractivity contribution in [1.82, 2.24) is 9.97 Å². The van der Waals surface area contributed by atoms with Gasteiger partial charge < -0.3 is 11.1 Å². The van der Waals surface area contributed by atoms with Crippen LogP contribution in [0.2, 0.25) is 0 Å². The topological polar surface area (TPSA) is 63.8 Å². The van der Waals surface area contributed by atoms with E-state index in [1.807, 2.05) is 0 Å². The fourth-order valence-electron chi connectivity index (χ4n) is 1.30. The molecule has 0 spiro atoms. The lowest BCUT2D eigenvalue weighted by molar-refractivity contribution is 0.631. The quantitative estimate of drug-likeness (QED) is 0.914. The fraction of sp³-hybridized carbons (Fsp3) is 0.0909. The molecule has 0 aliphatic carbocycles. The van der Waals surface area contributed by atoms with Gasteiger partial charge in [-0.15, -0.1) is 0 Å². The summed E-state index contributed by atoms with van der Waals surface area (Å²) in [5.41, 5.74) is 5.78. The van der Waals surface area contributed by atoms with E-state index in [1.165, 1.54) is 6.07 Å². The van der Waals surface area contributed by atoms with Crippen LogP contribution >= 0.6 is 15.9 Å². The first kappa shape index (κ1) is 11.9. The minimum absolute atomic E-state index is 0.247. The van der Waals surface area contributed by atoms with Crippen LogP contribution in [0, 0.1) is 5.82 Å². The summed E-state index contributed by atoms with van der Waals surface area (Å²) in [5, 5.41) is 2.88. The molecule has 3 N–H and O–H groups in total. The molecular formula is C11H10BrFN4. The predicted octanol–water partition coefficient (Wildman–Crippen LogP) is 2.58. The third kappa shape index (κ3) is 2.98. The van der Waals surface area contributed by atoms with Gasteiger partial charge in [-0.2, -0.15) is 0 Å². The molecule has 0 amide bonds. The van der Waals surface area contributed by atoms with Crippen LogP contribution in [0.1, 0.15) is 5.82 Å². The molecular weight excluding hydrogens is 287 g/mol. The molecule has 6 heteroatoms. The van der Waals surface area contributed by atoms with Crippen molar-refractivity contribution in [3.8, 4) is 0 Å². The molecule has 17 heavy (non-hydrogen) atoms. The Bertz CT molecular complexity index is 533. The summed E-state index contributed by atoms with van der Waals surface area (Å²) in [6, 6.07) is 6.29. The number of nitrogens with zero attached hydrogens (tertiary/aromatic N) is 2. The van der Waals surface area contributed by atoms with Gasteiger partial charge in [0.25, 0.3) is 0 Å². The monoisotopic (exact) mass is 296 g/mol. The zero-order valence-electron chi connectivity index (χ0n) is 8.82. The van der Waals surface area contributed by atoms with Crippen LogP contribution in [0.5, 0.6) is 0 Å². The number of rotatable bonds is 3. The number of nitrogens with two attached hydrogens (primary N) is 1. The molecule has 0 aliphatic rings. The Hall–Kier alpha value is -1.53. The Morgan fingerprint density at radius 3 is 2.94 bits per heavy atom. The lowest BCUT2D eigenvalue weighted by atomic mass is 10.3. The molecule has 4 nitrogen and oxygen atoms in total. The first-order valence-corrected chi connectivity index (χ1v) is 5.72. The molecule has 0 saturated heterocycles. The van der Waals surface area contributed by atoms with E-state index in [2.05, 4.69) is 31.2 Å². The van der Waals surface area contributed by atoms with Crippen LogP contribution in [0.4, 0.5) is 15.9 Å². The zero-order chi connectivity index (χ0) is 12.3. The van der Waals surface area contributed by atoms with E-state index in [9.17, 15) is 4.39 Å². The highest BCUT2D eigenvalue weighted by Gasteiger charge is 2.04. The van der Waals surface area contributed by atoms with Gasteiger partial charge in [0.2, 0.25) is 0 Å². The molecule has 0 unspecified atom stereocenters. The van der Waals surface area contributed by atoms with Crippen molar-refractivity contribution in [2.45, 2.75) is 6.54 Å². The number of nitrogens with one attached hydrogen (secondary N) is 1. The van der Waals surface area contributed by atoms with Crippen molar-refractivity contribution in [2.24, 2.45) is 5.73 Å². The van der Waals surface area contributed by atoms with Crippen LogP contribution < -0.4 is 11.1 Å². The first-order chi connectivity index (χ1) is 8.19. The van der Waals surface area contributed by atoms with Crippen molar-refractivity contribution in [2.75, 3.05) is 5.32 Å². The van der Waals surface area contributed by atoms with Gasteiger partial charge in [-0.25, -0.2) is 14.4 Å². The van der Waals surface area contributed by atoms with Gasteiger partial charge in [-0.05, 0) is 24.3 Å². The lowest BCUT2D eigenvalue weighted by Gasteiger charge is -2.07. The van der Waals surface area contributed by atoms with Gasteiger partial charge in [0.05, 0.1) is 12.2 Å². The Labute approximate surface area is 106 Å². The largest absolute Gasteiger partial charge is 0.338 e. The smallest absolute Gasteiger partial charge is 0.146 e. The second-order valence-electron chi connectivity index (χ2n) is 3.31. The Kier molecular flexibility index (Phi) is 3.65. The van der Waals surface area contributed by atoms with Crippen molar-refractivity contribution < 1.29 is 4.39 Å². The highest BCUT2D eigenvalue weighted by atomic mass is 79.9. The number of aromatic nitrogens is 2. The van der Waals surface area contributed by atoms with Gasteiger partial charge in [-0.1, -0.05) is 15.9 Å². The average molecular weight is 297 g/mol. The number of hydrogen-bond donors (Lipinski definition) is 2. The molecule has 1 aromatic heterocycles. The Morgan fingerprint density at radius 2 is 2.18 bits per heavy atom. The second-order valence-corrected chi connectivity index (χ2v) is 4.23. The Morgan fingerprint density at radius 1 is 1.35 bits per heavy atom. The summed E-state index contributed by atoms with van der Waals surface area (Å²) in [6.45, 7) is 0.247. The van der Waals surface area contributed by atoms with Crippen molar-refractivity contribution in [3.63, 3.8) is 0 Å². The summed E-state index contributed by atoms with van der Waals surface area (Å²) < 4.78 is 14.3. The number of benzene rings is 1. The summed E-state index contributed by atoms with van der Waals surface area (Å²) in [6.07, 6.45) is 1.58. The number of hydrogen-bond acceptors (Lipinski definition) is 4. The van der Waals surface area contributed by atoms with Crippen LogP contribution in [-0.4, -0.2) is 9.97 Å². The maximum Gasteiger partial charge on any atom is 0.146 e. The summed E-state index contributed by atoms with van der Waals surface area (Å²) in [7, 11) is 0. The van der Waals surface area contributed by atoms with Crippen LogP contribution in [0.15, 0.2) is 34.9 Å². The van der Waals surface area contributed by atoms with E-state index in [4.69, 9.17) is 5.73 Å². The molecule has 0 bridgehead atoms. The highest BCUT2D eigenvalue weighted by molar-refractivity contribution is 9.10. The second kappa shape index (κ2) is 5.20. The van der Waals surface area contributed by atoms with Gasteiger partial charge in [0.15, 0.2) is 0 Å².